The van der Waals surface area contributed by atoms with E-state index in [0.29, 0.717) is 12.3 Å². The Morgan fingerprint density at radius 2 is 2.29 bits per heavy atom. The third kappa shape index (κ3) is 2.20. The summed E-state index contributed by atoms with van der Waals surface area (Å²) < 4.78 is 5.43. The van der Waals surface area contributed by atoms with Crippen LogP contribution in [0.5, 0.6) is 5.75 Å². The van der Waals surface area contributed by atoms with Gasteiger partial charge in [-0.25, -0.2) is 0 Å². The minimum atomic E-state index is 0.0482. The number of rotatable bonds is 4. The van der Waals surface area contributed by atoms with Crippen molar-refractivity contribution >= 4 is 5.78 Å². The molecule has 1 aromatic rings. The quantitative estimate of drug-likeness (QED) is 0.806. The highest BCUT2D eigenvalue weighted by Crippen LogP contribution is 2.33. The van der Waals surface area contributed by atoms with Crippen LogP contribution in [0, 0.1) is 5.92 Å². The molecule has 3 nitrogen and oxygen atoms in total. The molecule has 2 aliphatic rings. The van der Waals surface area contributed by atoms with E-state index < -0.39 is 0 Å². The fourth-order valence-electron chi connectivity index (χ4n) is 2.38. The van der Waals surface area contributed by atoms with Gasteiger partial charge in [0.15, 0.2) is 5.78 Å². The van der Waals surface area contributed by atoms with Gasteiger partial charge in [0.25, 0.3) is 0 Å². The van der Waals surface area contributed by atoms with E-state index in [1.165, 1.54) is 12.8 Å². The summed E-state index contributed by atoms with van der Waals surface area (Å²) in [5.74, 6) is 1.67. The lowest BCUT2D eigenvalue weighted by molar-refractivity contribution is 0.0971. The van der Waals surface area contributed by atoms with Crippen molar-refractivity contribution in [1.82, 2.24) is 0 Å². The maximum Gasteiger partial charge on any atom is 0.164 e. The SMILES string of the molecule is NC(CC(=O)c1ccc2c(c1)CCO2)C1CC1. The lowest BCUT2D eigenvalue weighted by atomic mass is 9.99. The summed E-state index contributed by atoms with van der Waals surface area (Å²) in [6.07, 6.45) is 3.76. The van der Waals surface area contributed by atoms with Gasteiger partial charge in [0.1, 0.15) is 5.75 Å². The minimum Gasteiger partial charge on any atom is -0.493 e. The smallest absolute Gasteiger partial charge is 0.164 e. The summed E-state index contributed by atoms with van der Waals surface area (Å²) in [5, 5.41) is 0. The number of carbonyl (C=O) groups is 1. The number of ether oxygens (including phenoxy) is 1. The van der Waals surface area contributed by atoms with Crippen LogP contribution in [0.25, 0.3) is 0 Å². The summed E-state index contributed by atoms with van der Waals surface area (Å²) in [4.78, 5) is 12.1. The van der Waals surface area contributed by atoms with Gasteiger partial charge in [0, 0.05) is 24.4 Å². The zero-order valence-electron chi connectivity index (χ0n) is 9.82. The molecule has 90 valence electrons. The van der Waals surface area contributed by atoms with E-state index in [2.05, 4.69) is 0 Å². The monoisotopic (exact) mass is 231 g/mol. The van der Waals surface area contributed by atoms with Gasteiger partial charge in [-0.15, -0.1) is 0 Å². The number of fused-ring (bicyclic) bond motifs is 1. The van der Waals surface area contributed by atoms with E-state index in [-0.39, 0.29) is 11.8 Å². The van der Waals surface area contributed by atoms with Gasteiger partial charge in [0.05, 0.1) is 6.61 Å². The second-order valence-corrected chi connectivity index (χ2v) is 5.05. The normalized spacial score (nSPS) is 19.6. The van der Waals surface area contributed by atoms with Gasteiger partial charge < -0.3 is 10.5 Å². The number of ketones is 1. The summed E-state index contributed by atoms with van der Waals surface area (Å²) in [7, 11) is 0. The minimum absolute atomic E-state index is 0.0482. The van der Waals surface area contributed by atoms with Gasteiger partial charge in [-0.1, -0.05) is 0 Å². The van der Waals surface area contributed by atoms with Crippen molar-refractivity contribution in [3.8, 4) is 5.75 Å². The number of Topliss-reactive ketones (excluding diaryl/α,β-unsaturated/α-hetero) is 1. The van der Waals surface area contributed by atoms with Crippen LogP contribution < -0.4 is 10.5 Å². The molecule has 1 atom stereocenters. The van der Waals surface area contributed by atoms with E-state index in [0.717, 1.165) is 29.9 Å². The molecule has 2 N–H and O–H groups in total. The van der Waals surface area contributed by atoms with Crippen LogP contribution in [0.15, 0.2) is 18.2 Å². The molecule has 3 heteroatoms. The molecule has 1 fully saturated rings. The Bertz CT molecular complexity index is 452. The van der Waals surface area contributed by atoms with E-state index in [1.807, 2.05) is 18.2 Å². The number of benzene rings is 1. The van der Waals surface area contributed by atoms with E-state index in [1.54, 1.807) is 0 Å². The van der Waals surface area contributed by atoms with Crippen molar-refractivity contribution in [3.63, 3.8) is 0 Å². The van der Waals surface area contributed by atoms with Crippen molar-refractivity contribution < 1.29 is 9.53 Å². The third-order valence-electron chi connectivity index (χ3n) is 3.66. The molecule has 0 saturated heterocycles. The number of hydrogen-bond donors (Lipinski definition) is 1. The van der Waals surface area contributed by atoms with Crippen LogP contribution in [-0.4, -0.2) is 18.4 Å². The van der Waals surface area contributed by atoms with Crippen molar-refractivity contribution in [3.05, 3.63) is 29.3 Å². The Hall–Kier alpha value is -1.35. The first-order valence-electron chi connectivity index (χ1n) is 6.28. The Balaban J connectivity index is 1.72. The molecule has 1 unspecified atom stereocenters. The van der Waals surface area contributed by atoms with Gasteiger partial charge >= 0.3 is 0 Å². The van der Waals surface area contributed by atoms with Crippen LogP contribution in [0.1, 0.15) is 35.2 Å². The Labute approximate surface area is 101 Å². The molecule has 1 heterocycles. The van der Waals surface area contributed by atoms with Crippen molar-refractivity contribution in [2.75, 3.05) is 6.61 Å². The zero-order valence-corrected chi connectivity index (χ0v) is 9.82. The number of carbonyl (C=O) groups excluding carboxylic acids is 1. The number of hydrogen-bond acceptors (Lipinski definition) is 3. The van der Waals surface area contributed by atoms with Crippen LogP contribution in [0.3, 0.4) is 0 Å². The van der Waals surface area contributed by atoms with Crippen LogP contribution in [0.2, 0.25) is 0 Å². The van der Waals surface area contributed by atoms with Crippen LogP contribution in [-0.2, 0) is 6.42 Å². The lowest BCUT2D eigenvalue weighted by Gasteiger charge is -2.09. The predicted octanol–water partition coefficient (Wildman–Crippen LogP) is 1.93. The summed E-state index contributed by atoms with van der Waals surface area (Å²) in [5.41, 5.74) is 7.92. The average Bonchev–Trinajstić information content (AvgIpc) is 3.07. The molecule has 1 aliphatic heterocycles. The van der Waals surface area contributed by atoms with Gasteiger partial charge in [-0.3, -0.25) is 4.79 Å². The van der Waals surface area contributed by atoms with Gasteiger partial charge in [-0.2, -0.15) is 0 Å². The second kappa shape index (κ2) is 4.15. The van der Waals surface area contributed by atoms with Crippen molar-refractivity contribution in [1.29, 1.82) is 0 Å². The van der Waals surface area contributed by atoms with Gasteiger partial charge in [-0.05, 0) is 42.5 Å². The molecule has 3 rings (SSSR count). The lowest BCUT2D eigenvalue weighted by Crippen LogP contribution is -2.25. The maximum atomic E-state index is 12.1. The van der Waals surface area contributed by atoms with Gasteiger partial charge in [0.2, 0.25) is 0 Å². The molecule has 1 aliphatic carbocycles. The maximum absolute atomic E-state index is 12.1. The molecular formula is C14H17NO2. The standard InChI is InChI=1S/C14H17NO2/c15-12(9-1-2-9)8-13(16)10-3-4-14-11(7-10)5-6-17-14/h3-4,7,9,12H,1-2,5-6,8,15H2. The first kappa shape index (κ1) is 10.8. The molecule has 0 radical (unpaired) electrons. The van der Waals surface area contributed by atoms with Crippen LogP contribution >= 0.6 is 0 Å². The largest absolute Gasteiger partial charge is 0.493 e. The summed E-state index contributed by atoms with van der Waals surface area (Å²) in [6, 6.07) is 5.77. The highest BCUT2D eigenvalue weighted by molar-refractivity contribution is 5.96. The molecule has 1 saturated carbocycles. The third-order valence-corrected chi connectivity index (χ3v) is 3.66. The zero-order chi connectivity index (χ0) is 11.8. The molecule has 0 aromatic heterocycles. The molecular weight excluding hydrogens is 214 g/mol. The van der Waals surface area contributed by atoms with E-state index in [4.69, 9.17) is 10.5 Å². The molecule has 0 bridgehead atoms. The molecule has 0 spiro atoms. The first-order valence-corrected chi connectivity index (χ1v) is 6.28. The van der Waals surface area contributed by atoms with E-state index in [9.17, 15) is 4.79 Å². The fourth-order valence-corrected chi connectivity index (χ4v) is 2.38. The predicted molar refractivity (Wildman–Crippen MR) is 65.3 cm³/mol. The highest BCUT2D eigenvalue weighted by Gasteiger charge is 2.30. The first-order chi connectivity index (χ1) is 8.24. The molecule has 17 heavy (non-hydrogen) atoms. The molecule has 0 amide bonds. The highest BCUT2D eigenvalue weighted by atomic mass is 16.5. The Morgan fingerprint density at radius 3 is 3.06 bits per heavy atom. The fraction of sp³-hybridized carbons (Fsp3) is 0.500. The van der Waals surface area contributed by atoms with Crippen molar-refractivity contribution in [2.24, 2.45) is 11.7 Å². The average molecular weight is 231 g/mol. The topological polar surface area (TPSA) is 52.3 Å². The second-order valence-electron chi connectivity index (χ2n) is 5.05. The van der Waals surface area contributed by atoms with Crippen LogP contribution in [0.4, 0.5) is 0 Å². The summed E-state index contributed by atoms with van der Waals surface area (Å²) in [6.45, 7) is 0.731. The summed E-state index contributed by atoms with van der Waals surface area (Å²) >= 11 is 0. The van der Waals surface area contributed by atoms with E-state index >= 15 is 0 Å². The molecule has 1 aromatic carbocycles. The van der Waals surface area contributed by atoms with Crippen molar-refractivity contribution in [2.45, 2.75) is 31.7 Å². The Kier molecular flexibility index (Phi) is 2.63. The number of nitrogens with two attached hydrogens (primary N) is 1. The Morgan fingerprint density at radius 1 is 1.47 bits per heavy atom.